The molecule has 0 aromatic heterocycles. The number of hydrogen-bond donors (Lipinski definition) is 1. The predicted molar refractivity (Wildman–Crippen MR) is 81.4 cm³/mol. The number of halogens is 1. The molecule has 5 nitrogen and oxygen atoms in total. The summed E-state index contributed by atoms with van der Waals surface area (Å²) in [6, 6.07) is 5.30. The Balaban J connectivity index is 1.96. The molecule has 0 bridgehead atoms. The van der Waals surface area contributed by atoms with Gasteiger partial charge < -0.3 is 10.2 Å². The van der Waals surface area contributed by atoms with Crippen LogP contribution in [0, 0.1) is 16.0 Å². The van der Waals surface area contributed by atoms with Crippen LogP contribution in [0.4, 0.5) is 11.4 Å². The monoisotopic (exact) mass is 297 g/mol. The molecule has 1 aromatic carbocycles. The zero-order valence-corrected chi connectivity index (χ0v) is 12.6. The van der Waals surface area contributed by atoms with Gasteiger partial charge in [-0.2, -0.15) is 0 Å². The highest BCUT2D eigenvalue weighted by atomic mass is 35.5. The molecule has 1 unspecified atom stereocenters. The Kier molecular flexibility index (Phi) is 4.83. The van der Waals surface area contributed by atoms with Gasteiger partial charge >= 0.3 is 0 Å². The molecule has 1 aliphatic heterocycles. The molecule has 1 atom stereocenters. The fraction of sp³-hybridized carbons (Fsp3) is 0.571. The van der Waals surface area contributed by atoms with Crippen LogP contribution in [-0.2, 0) is 0 Å². The standard InChI is InChI=1S/C14H20ClN3O2/c1-10(2)17-6-5-11(9-17)8-16-13-4-3-12(15)7-14(13)18(19)20/h3-4,7,10-11,16H,5-6,8-9H2,1-2H3. The van der Waals surface area contributed by atoms with Crippen molar-refractivity contribution in [2.24, 2.45) is 5.92 Å². The molecular weight excluding hydrogens is 278 g/mol. The van der Waals surface area contributed by atoms with E-state index in [9.17, 15) is 10.1 Å². The van der Waals surface area contributed by atoms with Crippen molar-refractivity contribution in [1.82, 2.24) is 4.90 Å². The zero-order valence-electron chi connectivity index (χ0n) is 11.8. The Labute approximate surface area is 124 Å². The highest BCUT2D eigenvalue weighted by molar-refractivity contribution is 6.30. The van der Waals surface area contributed by atoms with Crippen LogP contribution >= 0.6 is 11.6 Å². The number of rotatable bonds is 5. The maximum Gasteiger partial charge on any atom is 0.293 e. The molecule has 0 aliphatic carbocycles. The van der Waals surface area contributed by atoms with Crippen molar-refractivity contribution in [3.8, 4) is 0 Å². The number of likely N-dealkylation sites (tertiary alicyclic amines) is 1. The zero-order chi connectivity index (χ0) is 14.7. The maximum absolute atomic E-state index is 11.0. The summed E-state index contributed by atoms with van der Waals surface area (Å²) in [7, 11) is 0. The Morgan fingerprint density at radius 3 is 2.90 bits per heavy atom. The fourth-order valence-corrected chi connectivity index (χ4v) is 2.72. The molecule has 1 heterocycles. The van der Waals surface area contributed by atoms with Gasteiger partial charge in [-0.25, -0.2) is 0 Å². The third-order valence-electron chi connectivity index (χ3n) is 3.79. The molecule has 1 aromatic rings. The molecular formula is C14H20ClN3O2. The van der Waals surface area contributed by atoms with Crippen LogP contribution in [0.15, 0.2) is 18.2 Å². The van der Waals surface area contributed by atoms with E-state index in [1.165, 1.54) is 6.07 Å². The number of nitro benzene ring substituents is 1. The molecule has 1 aliphatic rings. The summed E-state index contributed by atoms with van der Waals surface area (Å²) in [5.41, 5.74) is 0.582. The molecule has 2 rings (SSSR count). The van der Waals surface area contributed by atoms with E-state index in [4.69, 9.17) is 11.6 Å². The van der Waals surface area contributed by atoms with Crippen molar-refractivity contribution in [3.63, 3.8) is 0 Å². The van der Waals surface area contributed by atoms with Crippen LogP contribution in [0.25, 0.3) is 0 Å². The Bertz CT molecular complexity index is 493. The first kappa shape index (κ1) is 15.1. The summed E-state index contributed by atoms with van der Waals surface area (Å²) < 4.78 is 0. The van der Waals surface area contributed by atoms with Crippen LogP contribution in [0.2, 0.25) is 5.02 Å². The molecule has 110 valence electrons. The van der Waals surface area contributed by atoms with Crippen LogP contribution in [0.1, 0.15) is 20.3 Å². The van der Waals surface area contributed by atoms with Gasteiger partial charge in [0.25, 0.3) is 5.69 Å². The Morgan fingerprint density at radius 1 is 1.55 bits per heavy atom. The maximum atomic E-state index is 11.0. The SMILES string of the molecule is CC(C)N1CCC(CNc2ccc(Cl)cc2[N+](=O)[O-])C1. The second-order valence-corrected chi connectivity index (χ2v) is 5.98. The quantitative estimate of drug-likeness (QED) is 0.668. The number of nitrogens with zero attached hydrogens (tertiary/aromatic N) is 2. The largest absolute Gasteiger partial charge is 0.379 e. The summed E-state index contributed by atoms with van der Waals surface area (Å²) >= 11 is 5.80. The van der Waals surface area contributed by atoms with Crippen molar-refractivity contribution in [3.05, 3.63) is 33.3 Å². The summed E-state index contributed by atoms with van der Waals surface area (Å²) in [6.07, 6.45) is 1.13. The molecule has 0 spiro atoms. The van der Waals surface area contributed by atoms with E-state index in [2.05, 4.69) is 24.1 Å². The second-order valence-electron chi connectivity index (χ2n) is 5.54. The molecule has 0 amide bonds. The summed E-state index contributed by atoms with van der Waals surface area (Å²) in [5.74, 6) is 0.535. The smallest absolute Gasteiger partial charge is 0.293 e. The lowest BCUT2D eigenvalue weighted by Gasteiger charge is -2.20. The van der Waals surface area contributed by atoms with Gasteiger partial charge in [-0.05, 0) is 44.9 Å². The molecule has 1 fully saturated rings. The second kappa shape index (κ2) is 6.41. The fourth-order valence-electron chi connectivity index (χ4n) is 2.56. The van der Waals surface area contributed by atoms with Crippen molar-refractivity contribution >= 4 is 23.0 Å². The van der Waals surface area contributed by atoms with Gasteiger partial charge in [0.05, 0.1) is 4.92 Å². The Morgan fingerprint density at radius 2 is 2.30 bits per heavy atom. The van der Waals surface area contributed by atoms with Crippen molar-refractivity contribution < 1.29 is 4.92 Å². The summed E-state index contributed by atoms with van der Waals surface area (Å²) in [4.78, 5) is 13.0. The van der Waals surface area contributed by atoms with E-state index in [1.54, 1.807) is 12.1 Å². The minimum Gasteiger partial charge on any atom is -0.379 e. The third kappa shape index (κ3) is 3.61. The molecule has 0 radical (unpaired) electrons. The highest BCUT2D eigenvalue weighted by Gasteiger charge is 2.24. The van der Waals surface area contributed by atoms with Crippen LogP contribution < -0.4 is 5.32 Å². The third-order valence-corrected chi connectivity index (χ3v) is 4.02. The van der Waals surface area contributed by atoms with Crippen molar-refractivity contribution in [2.75, 3.05) is 25.0 Å². The van der Waals surface area contributed by atoms with E-state index in [1.807, 2.05) is 0 Å². The number of nitro groups is 1. The summed E-state index contributed by atoms with van der Waals surface area (Å²) in [5, 5.41) is 14.6. The van der Waals surface area contributed by atoms with Gasteiger partial charge in [0.1, 0.15) is 5.69 Å². The Hall–Kier alpha value is -1.33. The number of anilines is 1. The lowest BCUT2D eigenvalue weighted by atomic mass is 10.1. The number of benzene rings is 1. The van der Waals surface area contributed by atoms with Gasteiger partial charge in [0, 0.05) is 30.2 Å². The average Bonchev–Trinajstić information content (AvgIpc) is 2.86. The molecule has 6 heteroatoms. The molecule has 0 saturated carbocycles. The minimum absolute atomic E-state index is 0.0382. The lowest BCUT2D eigenvalue weighted by Crippen LogP contribution is -2.29. The number of hydrogen-bond acceptors (Lipinski definition) is 4. The lowest BCUT2D eigenvalue weighted by molar-refractivity contribution is -0.383. The first-order chi connectivity index (χ1) is 9.47. The molecule has 20 heavy (non-hydrogen) atoms. The predicted octanol–water partition coefficient (Wildman–Crippen LogP) is 3.39. The van der Waals surface area contributed by atoms with Gasteiger partial charge in [-0.3, -0.25) is 10.1 Å². The average molecular weight is 298 g/mol. The minimum atomic E-state index is -0.400. The first-order valence-electron chi connectivity index (χ1n) is 6.89. The van der Waals surface area contributed by atoms with E-state index < -0.39 is 4.92 Å². The van der Waals surface area contributed by atoms with Crippen molar-refractivity contribution in [2.45, 2.75) is 26.3 Å². The van der Waals surface area contributed by atoms with Gasteiger partial charge in [-0.15, -0.1) is 0 Å². The van der Waals surface area contributed by atoms with Gasteiger partial charge in [0.15, 0.2) is 0 Å². The highest BCUT2D eigenvalue weighted by Crippen LogP contribution is 2.28. The van der Waals surface area contributed by atoms with Crippen molar-refractivity contribution in [1.29, 1.82) is 0 Å². The van der Waals surface area contributed by atoms with Crippen LogP contribution in [-0.4, -0.2) is 35.5 Å². The van der Waals surface area contributed by atoms with E-state index in [0.717, 1.165) is 26.1 Å². The molecule has 1 N–H and O–H groups in total. The van der Waals surface area contributed by atoms with E-state index in [-0.39, 0.29) is 5.69 Å². The normalized spacial score (nSPS) is 19.5. The molecule has 1 saturated heterocycles. The van der Waals surface area contributed by atoms with Crippen LogP contribution in [0.3, 0.4) is 0 Å². The first-order valence-corrected chi connectivity index (χ1v) is 7.27. The number of nitrogens with one attached hydrogen (secondary N) is 1. The summed E-state index contributed by atoms with van der Waals surface area (Å²) in [6.45, 7) is 7.30. The van der Waals surface area contributed by atoms with Crippen LogP contribution in [0.5, 0.6) is 0 Å². The van der Waals surface area contributed by atoms with E-state index >= 15 is 0 Å². The topological polar surface area (TPSA) is 58.4 Å². The van der Waals surface area contributed by atoms with Gasteiger partial charge in [0.2, 0.25) is 0 Å². The van der Waals surface area contributed by atoms with E-state index in [0.29, 0.717) is 22.7 Å². The van der Waals surface area contributed by atoms with Gasteiger partial charge in [-0.1, -0.05) is 11.6 Å².